The van der Waals surface area contributed by atoms with Crippen molar-refractivity contribution in [1.29, 1.82) is 0 Å². The Labute approximate surface area is 111 Å². The van der Waals surface area contributed by atoms with Gasteiger partial charge in [0, 0.05) is 12.1 Å². The topological polar surface area (TPSA) is 12.0 Å². The summed E-state index contributed by atoms with van der Waals surface area (Å²) in [6.07, 6.45) is 8.03. The fourth-order valence-corrected chi connectivity index (χ4v) is 3.86. The summed E-state index contributed by atoms with van der Waals surface area (Å²) in [5.74, 6) is 0. The van der Waals surface area contributed by atoms with Gasteiger partial charge >= 0.3 is 0 Å². The van der Waals surface area contributed by atoms with Crippen molar-refractivity contribution in [2.75, 3.05) is 0 Å². The van der Waals surface area contributed by atoms with Crippen LogP contribution in [0.5, 0.6) is 0 Å². The molecule has 0 amide bonds. The SMILES string of the molecule is CC1(C)CCCC(NC2CCc3ccccc32)C1. The lowest BCUT2D eigenvalue weighted by atomic mass is 9.75. The monoisotopic (exact) mass is 243 g/mol. The molecule has 2 aliphatic rings. The van der Waals surface area contributed by atoms with E-state index in [2.05, 4.69) is 43.4 Å². The highest BCUT2D eigenvalue weighted by atomic mass is 15.0. The highest BCUT2D eigenvalue weighted by molar-refractivity contribution is 5.34. The molecule has 0 radical (unpaired) electrons. The predicted molar refractivity (Wildman–Crippen MR) is 76.7 cm³/mol. The van der Waals surface area contributed by atoms with Crippen molar-refractivity contribution in [2.24, 2.45) is 5.41 Å². The second-order valence-corrected chi connectivity index (χ2v) is 6.91. The van der Waals surface area contributed by atoms with Gasteiger partial charge < -0.3 is 5.32 Å². The quantitative estimate of drug-likeness (QED) is 0.819. The van der Waals surface area contributed by atoms with Gasteiger partial charge in [0.1, 0.15) is 0 Å². The van der Waals surface area contributed by atoms with Gasteiger partial charge in [0.05, 0.1) is 0 Å². The van der Waals surface area contributed by atoms with Crippen LogP contribution in [0.2, 0.25) is 0 Å². The van der Waals surface area contributed by atoms with Crippen LogP contribution in [-0.4, -0.2) is 6.04 Å². The van der Waals surface area contributed by atoms with E-state index in [9.17, 15) is 0 Å². The molecule has 1 fully saturated rings. The summed E-state index contributed by atoms with van der Waals surface area (Å²) < 4.78 is 0. The van der Waals surface area contributed by atoms with E-state index < -0.39 is 0 Å². The van der Waals surface area contributed by atoms with Gasteiger partial charge in [-0.05, 0) is 48.6 Å². The number of fused-ring (bicyclic) bond motifs is 1. The molecule has 0 aromatic heterocycles. The largest absolute Gasteiger partial charge is 0.307 e. The van der Waals surface area contributed by atoms with Crippen LogP contribution in [0.15, 0.2) is 24.3 Å². The van der Waals surface area contributed by atoms with Gasteiger partial charge in [-0.15, -0.1) is 0 Å². The lowest BCUT2D eigenvalue weighted by molar-refractivity contribution is 0.189. The molecular weight excluding hydrogens is 218 g/mol. The average molecular weight is 243 g/mol. The van der Waals surface area contributed by atoms with Crippen LogP contribution in [-0.2, 0) is 6.42 Å². The smallest absolute Gasteiger partial charge is 0.0328 e. The van der Waals surface area contributed by atoms with E-state index in [1.165, 1.54) is 38.5 Å². The summed E-state index contributed by atoms with van der Waals surface area (Å²) in [6, 6.07) is 10.3. The summed E-state index contributed by atoms with van der Waals surface area (Å²) in [4.78, 5) is 0. The Bertz CT molecular complexity index is 421. The highest BCUT2D eigenvalue weighted by Gasteiger charge is 2.31. The summed E-state index contributed by atoms with van der Waals surface area (Å²) in [5.41, 5.74) is 3.65. The molecule has 1 N–H and O–H groups in total. The van der Waals surface area contributed by atoms with Crippen LogP contribution >= 0.6 is 0 Å². The Morgan fingerprint density at radius 1 is 1.17 bits per heavy atom. The summed E-state index contributed by atoms with van der Waals surface area (Å²) in [7, 11) is 0. The highest BCUT2D eigenvalue weighted by Crippen LogP contribution is 2.38. The number of hydrogen-bond acceptors (Lipinski definition) is 1. The molecule has 0 aliphatic heterocycles. The fraction of sp³-hybridized carbons (Fsp3) is 0.647. The summed E-state index contributed by atoms with van der Waals surface area (Å²) in [6.45, 7) is 4.84. The Morgan fingerprint density at radius 3 is 2.83 bits per heavy atom. The van der Waals surface area contributed by atoms with E-state index in [0.717, 1.165) is 6.04 Å². The number of hydrogen-bond donors (Lipinski definition) is 1. The minimum Gasteiger partial charge on any atom is -0.307 e. The van der Waals surface area contributed by atoms with Gasteiger partial charge in [-0.25, -0.2) is 0 Å². The van der Waals surface area contributed by atoms with Crippen LogP contribution in [0.25, 0.3) is 0 Å². The zero-order valence-electron chi connectivity index (χ0n) is 11.7. The molecule has 0 heterocycles. The Kier molecular flexibility index (Phi) is 3.19. The van der Waals surface area contributed by atoms with Gasteiger partial charge in [0.15, 0.2) is 0 Å². The van der Waals surface area contributed by atoms with Crippen molar-refractivity contribution >= 4 is 0 Å². The van der Waals surface area contributed by atoms with E-state index in [0.29, 0.717) is 11.5 Å². The standard InChI is InChI=1S/C17H25N/c1-17(2)11-5-7-14(12-17)18-16-10-9-13-6-3-4-8-15(13)16/h3-4,6,8,14,16,18H,5,7,9-12H2,1-2H3. The third-order valence-electron chi connectivity index (χ3n) is 4.77. The van der Waals surface area contributed by atoms with E-state index in [1.807, 2.05) is 0 Å². The Hall–Kier alpha value is -0.820. The molecular formula is C17H25N. The van der Waals surface area contributed by atoms with Crippen molar-refractivity contribution in [3.8, 4) is 0 Å². The normalized spacial score (nSPS) is 30.1. The number of rotatable bonds is 2. The fourth-order valence-electron chi connectivity index (χ4n) is 3.86. The molecule has 98 valence electrons. The van der Waals surface area contributed by atoms with Gasteiger partial charge in [0.25, 0.3) is 0 Å². The minimum absolute atomic E-state index is 0.536. The van der Waals surface area contributed by atoms with Gasteiger partial charge in [-0.2, -0.15) is 0 Å². The average Bonchev–Trinajstić information content (AvgIpc) is 2.72. The van der Waals surface area contributed by atoms with E-state index in [-0.39, 0.29) is 0 Å². The minimum atomic E-state index is 0.536. The Morgan fingerprint density at radius 2 is 2.00 bits per heavy atom. The lowest BCUT2D eigenvalue weighted by Gasteiger charge is -2.37. The first kappa shape index (κ1) is 12.2. The van der Waals surface area contributed by atoms with Crippen molar-refractivity contribution in [2.45, 2.75) is 64.5 Å². The van der Waals surface area contributed by atoms with Crippen molar-refractivity contribution in [1.82, 2.24) is 5.32 Å². The lowest BCUT2D eigenvalue weighted by Crippen LogP contribution is -2.38. The van der Waals surface area contributed by atoms with Crippen LogP contribution in [0.1, 0.15) is 63.1 Å². The molecule has 1 aromatic rings. The molecule has 1 nitrogen and oxygen atoms in total. The molecule has 0 bridgehead atoms. The Balaban J connectivity index is 1.68. The molecule has 1 aromatic carbocycles. The zero-order chi connectivity index (χ0) is 12.6. The van der Waals surface area contributed by atoms with Gasteiger partial charge in [-0.1, -0.05) is 44.5 Å². The van der Waals surface area contributed by atoms with E-state index >= 15 is 0 Å². The maximum absolute atomic E-state index is 3.93. The molecule has 1 heteroatoms. The molecule has 2 atom stereocenters. The molecule has 0 saturated heterocycles. The second kappa shape index (κ2) is 4.70. The van der Waals surface area contributed by atoms with Crippen LogP contribution in [0, 0.1) is 5.41 Å². The number of nitrogens with one attached hydrogen (secondary N) is 1. The molecule has 2 aliphatic carbocycles. The summed E-state index contributed by atoms with van der Waals surface area (Å²) >= 11 is 0. The predicted octanol–water partition coefficient (Wildman–Crippen LogP) is 4.23. The number of benzene rings is 1. The maximum atomic E-state index is 3.93. The molecule has 3 rings (SSSR count). The first-order valence-corrected chi connectivity index (χ1v) is 7.48. The molecule has 18 heavy (non-hydrogen) atoms. The van der Waals surface area contributed by atoms with Crippen molar-refractivity contribution in [3.63, 3.8) is 0 Å². The van der Waals surface area contributed by atoms with Crippen LogP contribution in [0.4, 0.5) is 0 Å². The molecule has 0 spiro atoms. The summed E-state index contributed by atoms with van der Waals surface area (Å²) in [5, 5.41) is 3.93. The van der Waals surface area contributed by atoms with Crippen LogP contribution in [0.3, 0.4) is 0 Å². The second-order valence-electron chi connectivity index (χ2n) is 6.91. The molecule has 1 saturated carbocycles. The first-order chi connectivity index (χ1) is 8.64. The van der Waals surface area contributed by atoms with Gasteiger partial charge in [-0.3, -0.25) is 0 Å². The van der Waals surface area contributed by atoms with Crippen molar-refractivity contribution < 1.29 is 0 Å². The first-order valence-electron chi connectivity index (χ1n) is 7.48. The van der Waals surface area contributed by atoms with Gasteiger partial charge in [0.2, 0.25) is 0 Å². The maximum Gasteiger partial charge on any atom is 0.0328 e. The third kappa shape index (κ3) is 2.47. The number of aryl methyl sites for hydroxylation is 1. The zero-order valence-corrected chi connectivity index (χ0v) is 11.7. The van der Waals surface area contributed by atoms with Crippen molar-refractivity contribution in [3.05, 3.63) is 35.4 Å². The van der Waals surface area contributed by atoms with E-state index in [1.54, 1.807) is 11.1 Å². The van der Waals surface area contributed by atoms with E-state index in [4.69, 9.17) is 0 Å². The molecule has 2 unspecified atom stereocenters. The third-order valence-corrected chi connectivity index (χ3v) is 4.77. The van der Waals surface area contributed by atoms with Crippen LogP contribution < -0.4 is 5.32 Å².